The summed E-state index contributed by atoms with van der Waals surface area (Å²) in [6.45, 7) is 2.42. The van der Waals surface area contributed by atoms with Crippen LogP contribution in [0.2, 0.25) is 0 Å². The molecule has 1 fully saturated rings. The van der Waals surface area contributed by atoms with Crippen molar-refractivity contribution in [3.05, 3.63) is 48.5 Å². The lowest BCUT2D eigenvalue weighted by Crippen LogP contribution is -2.34. The molecule has 0 aliphatic carbocycles. The van der Waals surface area contributed by atoms with E-state index in [2.05, 4.69) is 5.32 Å². The molecule has 3 rings (SSSR count). The molecule has 2 aromatic carbocycles. The molecule has 0 unspecified atom stereocenters. The molecule has 1 N–H and O–H groups in total. The van der Waals surface area contributed by atoms with Gasteiger partial charge in [0.15, 0.2) is 0 Å². The molecule has 1 aliphatic rings. The molecule has 1 aliphatic heterocycles. The number of ether oxygens (including phenoxy) is 2. The molecule has 0 radical (unpaired) electrons. The number of methoxy groups -OCH3 is 1. The molecule has 1 atom stereocenters. The molecule has 6 nitrogen and oxygen atoms in total. The van der Waals surface area contributed by atoms with Crippen molar-refractivity contribution in [3.63, 3.8) is 0 Å². The van der Waals surface area contributed by atoms with Gasteiger partial charge in [0.25, 0.3) is 5.91 Å². The molecule has 6 heteroatoms. The van der Waals surface area contributed by atoms with E-state index in [0.29, 0.717) is 29.5 Å². The number of rotatable bonds is 6. The van der Waals surface area contributed by atoms with E-state index < -0.39 is 6.04 Å². The summed E-state index contributed by atoms with van der Waals surface area (Å²) in [4.78, 5) is 26.3. The molecule has 0 spiro atoms. The monoisotopic (exact) mass is 340 g/mol. The van der Waals surface area contributed by atoms with Crippen LogP contribution < -0.4 is 19.7 Å². The van der Waals surface area contributed by atoms with Crippen LogP contribution in [0.15, 0.2) is 48.5 Å². The first-order valence-corrected chi connectivity index (χ1v) is 8.13. The van der Waals surface area contributed by atoms with Crippen LogP contribution in [0.25, 0.3) is 0 Å². The predicted molar refractivity (Wildman–Crippen MR) is 95.1 cm³/mol. The Morgan fingerprint density at radius 1 is 1.12 bits per heavy atom. The van der Waals surface area contributed by atoms with Gasteiger partial charge < -0.3 is 14.8 Å². The van der Waals surface area contributed by atoms with Gasteiger partial charge in [-0.05, 0) is 43.3 Å². The first kappa shape index (κ1) is 16.8. The van der Waals surface area contributed by atoms with Crippen molar-refractivity contribution in [2.24, 2.45) is 0 Å². The predicted octanol–water partition coefficient (Wildman–Crippen LogP) is 2.84. The Kier molecular flexibility index (Phi) is 4.88. The molecular formula is C19H20N2O4. The highest BCUT2D eigenvalue weighted by Gasteiger charge is 2.39. The third-order valence-electron chi connectivity index (χ3n) is 3.99. The smallest absolute Gasteiger partial charge is 0.256 e. The van der Waals surface area contributed by atoms with Crippen LogP contribution in [0.5, 0.6) is 11.5 Å². The minimum atomic E-state index is -0.615. The van der Waals surface area contributed by atoms with Gasteiger partial charge in [-0.15, -0.1) is 0 Å². The molecule has 2 aromatic rings. The van der Waals surface area contributed by atoms with Gasteiger partial charge in [0.05, 0.1) is 31.5 Å². The van der Waals surface area contributed by atoms with Gasteiger partial charge in [-0.1, -0.05) is 12.1 Å². The van der Waals surface area contributed by atoms with Gasteiger partial charge in [-0.3, -0.25) is 9.59 Å². The summed E-state index contributed by atoms with van der Waals surface area (Å²) >= 11 is 0. The van der Waals surface area contributed by atoms with E-state index in [1.165, 1.54) is 4.90 Å². The average Bonchev–Trinajstić information content (AvgIpc) is 2.90. The third-order valence-corrected chi connectivity index (χ3v) is 3.99. The van der Waals surface area contributed by atoms with Gasteiger partial charge >= 0.3 is 0 Å². The Morgan fingerprint density at radius 3 is 2.52 bits per heavy atom. The Balaban J connectivity index is 1.79. The lowest BCUT2D eigenvalue weighted by Gasteiger charge is -2.18. The second-order valence-corrected chi connectivity index (χ2v) is 5.60. The van der Waals surface area contributed by atoms with E-state index in [0.717, 1.165) is 0 Å². The number of para-hydroxylation sites is 2. The molecule has 25 heavy (non-hydrogen) atoms. The van der Waals surface area contributed by atoms with Crippen molar-refractivity contribution in [1.29, 1.82) is 0 Å². The maximum atomic E-state index is 12.7. The summed E-state index contributed by atoms with van der Waals surface area (Å²) in [6, 6.07) is 13.6. The number of carbonyl (C=O) groups excluding carboxylic acids is 2. The third kappa shape index (κ3) is 3.42. The Bertz CT molecular complexity index is 773. The lowest BCUT2D eigenvalue weighted by molar-refractivity contribution is -0.121. The van der Waals surface area contributed by atoms with Crippen molar-refractivity contribution in [1.82, 2.24) is 0 Å². The second kappa shape index (κ2) is 7.25. The average molecular weight is 340 g/mol. The lowest BCUT2D eigenvalue weighted by atomic mass is 10.2. The van der Waals surface area contributed by atoms with Crippen molar-refractivity contribution in [2.75, 3.05) is 23.9 Å². The van der Waals surface area contributed by atoms with E-state index >= 15 is 0 Å². The Morgan fingerprint density at radius 2 is 1.84 bits per heavy atom. The van der Waals surface area contributed by atoms with Crippen LogP contribution in [0.3, 0.4) is 0 Å². The first-order valence-electron chi connectivity index (χ1n) is 8.13. The van der Waals surface area contributed by atoms with Crippen LogP contribution in [-0.4, -0.2) is 31.6 Å². The fourth-order valence-corrected chi connectivity index (χ4v) is 2.80. The van der Waals surface area contributed by atoms with Crippen LogP contribution in [0.4, 0.5) is 11.4 Å². The highest BCUT2D eigenvalue weighted by atomic mass is 16.5. The van der Waals surface area contributed by atoms with Crippen LogP contribution >= 0.6 is 0 Å². The fraction of sp³-hybridized carbons (Fsp3) is 0.263. The number of imide groups is 1. The number of nitrogens with zero attached hydrogens (tertiary/aromatic N) is 1. The summed E-state index contributed by atoms with van der Waals surface area (Å²) in [5.74, 6) is 0.819. The quantitative estimate of drug-likeness (QED) is 0.819. The van der Waals surface area contributed by atoms with E-state index in [-0.39, 0.29) is 18.2 Å². The van der Waals surface area contributed by atoms with E-state index in [9.17, 15) is 9.59 Å². The molecular weight excluding hydrogens is 320 g/mol. The number of anilines is 2. The first-order chi connectivity index (χ1) is 12.1. The zero-order valence-corrected chi connectivity index (χ0v) is 14.2. The maximum absolute atomic E-state index is 12.7. The number of hydrogen-bond donors (Lipinski definition) is 1. The summed E-state index contributed by atoms with van der Waals surface area (Å²) in [5, 5.41) is 3.14. The van der Waals surface area contributed by atoms with Gasteiger partial charge in [0.1, 0.15) is 17.5 Å². The summed E-state index contributed by atoms with van der Waals surface area (Å²) in [5.41, 5.74) is 1.24. The summed E-state index contributed by atoms with van der Waals surface area (Å²) in [6.07, 6.45) is 0.103. The Labute approximate surface area is 146 Å². The topological polar surface area (TPSA) is 67.9 Å². The zero-order valence-electron chi connectivity index (χ0n) is 14.2. The number of nitrogens with one attached hydrogen (secondary N) is 1. The second-order valence-electron chi connectivity index (χ2n) is 5.60. The number of carbonyl (C=O) groups is 2. The van der Waals surface area contributed by atoms with Crippen LogP contribution in [0.1, 0.15) is 13.3 Å². The normalized spacial score (nSPS) is 16.9. The number of amides is 2. The maximum Gasteiger partial charge on any atom is 0.256 e. The standard InChI is InChI=1S/C19H20N2O4/c1-3-25-17-7-5-4-6-15(17)20-16-12-18(22)21(19(16)23)13-8-10-14(24-2)11-9-13/h4-11,16,20H,3,12H2,1-2H3/t16-/m1/s1. The number of benzene rings is 2. The fourth-order valence-electron chi connectivity index (χ4n) is 2.80. The van der Waals surface area contributed by atoms with Crippen molar-refractivity contribution >= 4 is 23.2 Å². The number of hydrogen-bond acceptors (Lipinski definition) is 5. The van der Waals surface area contributed by atoms with Gasteiger partial charge in [0, 0.05) is 0 Å². The van der Waals surface area contributed by atoms with E-state index in [1.807, 2.05) is 31.2 Å². The molecule has 2 amide bonds. The highest BCUT2D eigenvalue weighted by molar-refractivity contribution is 6.23. The van der Waals surface area contributed by atoms with Crippen molar-refractivity contribution < 1.29 is 19.1 Å². The SMILES string of the molecule is CCOc1ccccc1N[C@@H]1CC(=O)N(c2ccc(OC)cc2)C1=O. The Hall–Kier alpha value is -3.02. The van der Waals surface area contributed by atoms with Gasteiger partial charge in [0.2, 0.25) is 5.91 Å². The minimum Gasteiger partial charge on any atom is -0.497 e. The largest absolute Gasteiger partial charge is 0.497 e. The minimum absolute atomic E-state index is 0.103. The molecule has 1 heterocycles. The zero-order chi connectivity index (χ0) is 17.8. The highest BCUT2D eigenvalue weighted by Crippen LogP contribution is 2.29. The summed E-state index contributed by atoms with van der Waals surface area (Å²) in [7, 11) is 1.57. The summed E-state index contributed by atoms with van der Waals surface area (Å²) < 4.78 is 10.7. The molecule has 130 valence electrons. The van der Waals surface area contributed by atoms with E-state index in [1.54, 1.807) is 31.4 Å². The molecule has 1 saturated heterocycles. The van der Waals surface area contributed by atoms with E-state index in [4.69, 9.17) is 9.47 Å². The van der Waals surface area contributed by atoms with Crippen LogP contribution in [0, 0.1) is 0 Å². The van der Waals surface area contributed by atoms with Crippen molar-refractivity contribution in [2.45, 2.75) is 19.4 Å². The molecule has 0 aromatic heterocycles. The van der Waals surface area contributed by atoms with Crippen molar-refractivity contribution in [3.8, 4) is 11.5 Å². The van der Waals surface area contributed by atoms with Crippen LogP contribution in [-0.2, 0) is 9.59 Å². The van der Waals surface area contributed by atoms with Gasteiger partial charge in [-0.25, -0.2) is 4.90 Å². The van der Waals surface area contributed by atoms with Gasteiger partial charge in [-0.2, -0.15) is 0 Å². The molecule has 0 saturated carbocycles. The molecule has 0 bridgehead atoms.